The smallest absolute Gasteiger partial charge is 0.409 e. The van der Waals surface area contributed by atoms with Crippen LogP contribution in [0.5, 0.6) is 0 Å². The summed E-state index contributed by atoms with van der Waals surface area (Å²) >= 11 is 11.8. The summed E-state index contributed by atoms with van der Waals surface area (Å²) in [6, 6.07) is 5.33. The van der Waals surface area contributed by atoms with Crippen molar-refractivity contribution in [2.75, 3.05) is 26.8 Å². The fourth-order valence-corrected chi connectivity index (χ4v) is 2.17. The van der Waals surface area contributed by atoms with Gasteiger partial charge in [-0.05, 0) is 17.7 Å². The largest absolute Gasteiger partial charge is 0.453 e. The van der Waals surface area contributed by atoms with E-state index in [2.05, 4.69) is 0 Å². The Morgan fingerprint density at radius 2 is 2.22 bits per heavy atom. The first-order valence-electron chi connectivity index (χ1n) is 5.51. The molecule has 0 bridgehead atoms. The SMILES string of the molecule is COC(=O)N1CCOC(c2ccc(Cl)c(Cl)c2)C1. The minimum Gasteiger partial charge on any atom is -0.453 e. The highest BCUT2D eigenvalue weighted by Gasteiger charge is 2.26. The Balaban J connectivity index is 2.13. The number of amides is 1. The van der Waals surface area contributed by atoms with Crippen molar-refractivity contribution in [2.24, 2.45) is 0 Å². The van der Waals surface area contributed by atoms with Crippen molar-refractivity contribution in [3.63, 3.8) is 0 Å². The predicted molar refractivity (Wildman–Crippen MR) is 69.1 cm³/mol. The van der Waals surface area contributed by atoms with E-state index in [4.69, 9.17) is 32.7 Å². The van der Waals surface area contributed by atoms with Gasteiger partial charge in [-0.3, -0.25) is 0 Å². The normalized spacial score (nSPS) is 19.7. The van der Waals surface area contributed by atoms with Gasteiger partial charge in [0.2, 0.25) is 0 Å². The van der Waals surface area contributed by atoms with Crippen molar-refractivity contribution >= 4 is 29.3 Å². The van der Waals surface area contributed by atoms with Crippen molar-refractivity contribution in [3.8, 4) is 0 Å². The van der Waals surface area contributed by atoms with Crippen LogP contribution in [0.3, 0.4) is 0 Å². The maximum atomic E-state index is 11.5. The molecule has 1 saturated heterocycles. The van der Waals surface area contributed by atoms with Crippen LogP contribution in [0, 0.1) is 0 Å². The second-order valence-electron chi connectivity index (χ2n) is 3.95. The van der Waals surface area contributed by atoms with Crippen molar-refractivity contribution in [1.29, 1.82) is 0 Å². The molecule has 1 aliphatic rings. The van der Waals surface area contributed by atoms with E-state index in [9.17, 15) is 4.79 Å². The van der Waals surface area contributed by atoms with Crippen LogP contribution >= 0.6 is 23.2 Å². The lowest BCUT2D eigenvalue weighted by molar-refractivity contribution is -0.0258. The number of hydrogen-bond donors (Lipinski definition) is 0. The standard InChI is InChI=1S/C12H13Cl2NO3/c1-17-12(16)15-4-5-18-11(7-15)8-2-3-9(13)10(14)6-8/h2-3,6,11H,4-5,7H2,1H3. The van der Waals surface area contributed by atoms with E-state index >= 15 is 0 Å². The van der Waals surface area contributed by atoms with Crippen LogP contribution in [0.1, 0.15) is 11.7 Å². The first kappa shape index (κ1) is 13.5. The number of hydrogen-bond acceptors (Lipinski definition) is 3. The summed E-state index contributed by atoms with van der Waals surface area (Å²) in [7, 11) is 1.37. The third-order valence-electron chi connectivity index (χ3n) is 2.81. The minimum absolute atomic E-state index is 0.201. The second-order valence-corrected chi connectivity index (χ2v) is 4.76. The summed E-state index contributed by atoms with van der Waals surface area (Å²) < 4.78 is 10.3. The van der Waals surface area contributed by atoms with Gasteiger partial charge in [0, 0.05) is 6.54 Å². The number of morpholine rings is 1. The molecule has 1 unspecified atom stereocenters. The summed E-state index contributed by atoms with van der Waals surface area (Å²) in [6.45, 7) is 1.45. The van der Waals surface area contributed by atoms with Crippen LogP contribution in [-0.2, 0) is 9.47 Å². The lowest BCUT2D eigenvalue weighted by Crippen LogP contribution is -2.42. The molecule has 1 fully saturated rings. The lowest BCUT2D eigenvalue weighted by Gasteiger charge is -2.32. The maximum absolute atomic E-state index is 11.5. The molecule has 0 saturated carbocycles. The highest BCUT2D eigenvalue weighted by atomic mass is 35.5. The third-order valence-corrected chi connectivity index (χ3v) is 3.55. The van der Waals surface area contributed by atoms with E-state index in [1.807, 2.05) is 6.07 Å². The number of rotatable bonds is 1. The van der Waals surface area contributed by atoms with Crippen LogP contribution in [0.2, 0.25) is 10.0 Å². The molecular formula is C12H13Cl2NO3. The predicted octanol–water partition coefficient (Wildman–Crippen LogP) is 3.13. The molecule has 2 rings (SSSR count). The molecule has 6 heteroatoms. The summed E-state index contributed by atoms with van der Waals surface area (Å²) in [5.41, 5.74) is 0.901. The van der Waals surface area contributed by atoms with Gasteiger partial charge in [0.15, 0.2) is 0 Å². The molecular weight excluding hydrogens is 277 g/mol. The van der Waals surface area contributed by atoms with Crippen molar-refractivity contribution < 1.29 is 14.3 Å². The molecule has 98 valence electrons. The number of benzene rings is 1. The summed E-state index contributed by atoms with van der Waals surface area (Å²) in [4.78, 5) is 13.1. The summed E-state index contributed by atoms with van der Waals surface area (Å²) in [5, 5.41) is 0.981. The van der Waals surface area contributed by atoms with Crippen LogP contribution in [0.25, 0.3) is 0 Å². The Labute approximate surface area is 115 Å². The highest BCUT2D eigenvalue weighted by molar-refractivity contribution is 6.42. The number of ether oxygens (including phenoxy) is 2. The molecule has 1 amide bonds. The van der Waals surface area contributed by atoms with Gasteiger partial charge in [-0.15, -0.1) is 0 Å². The molecule has 1 atom stereocenters. The van der Waals surface area contributed by atoms with Crippen molar-refractivity contribution in [1.82, 2.24) is 4.90 Å². The van der Waals surface area contributed by atoms with Gasteiger partial charge in [0.25, 0.3) is 0 Å². The Hall–Kier alpha value is -0.970. The van der Waals surface area contributed by atoms with E-state index in [0.717, 1.165) is 5.56 Å². The van der Waals surface area contributed by atoms with Crippen LogP contribution in [0.4, 0.5) is 4.79 Å². The molecule has 1 aromatic carbocycles. The van der Waals surface area contributed by atoms with Crippen molar-refractivity contribution in [2.45, 2.75) is 6.10 Å². The van der Waals surface area contributed by atoms with Crippen LogP contribution in [0.15, 0.2) is 18.2 Å². The number of halogens is 2. The van der Waals surface area contributed by atoms with Crippen molar-refractivity contribution in [3.05, 3.63) is 33.8 Å². The highest BCUT2D eigenvalue weighted by Crippen LogP contribution is 2.29. The monoisotopic (exact) mass is 289 g/mol. The molecule has 0 aromatic heterocycles. The van der Waals surface area contributed by atoms with Gasteiger partial charge in [-0.25, -0.2) is 4.79 Å². The Morgan fingerprint density at radius 1 is 1.44 bits per heavy atom. The molecule has 4 nitrogen and oxygen atoms in total. The van der Waals surface area contributed by atoms with Crippen LogP contribution in [-0.4, -0.2) is 37.8 Å². The molecule has 0 radical (unpaired) electrons. The van der Waals surface area contributed by atoms with E-state index in [1.54, 1.807) is 17.0 Å². The van der Waals surface area contributed by atoms with Gasteiger partial charge in [0.05, 0.1) is 30.3 Å². The first-order chi connectivity index (χ1) is 8.61. The average Bonchev–Trinajstić information content (AvgIpc) is 2.41. The summed E-state index contributed by atoms with van der Waals surface area (Å²) in [6.07, 6.45) is -0.545. The maximum Gasteiger partial charge on any atom is 0.409 e. The van der Waals surface area contributed by atoms with Gasteiger partial charge < -0.3 is 14.4 Å². The zero-order chi connectivity index (χ0) is 13.1. The minimum atomic E-state index is -0.344. The third kappa shape index (κ3) is 2.88. The zero-order valence-corrected chi connectivity index (χ0v) is 11.4. The molecule has 1 heterocycles. The fraction of sp³-hybridized carbons (Fsp3) is 0.417. The number of carbonyl (C=O) groups excluding carboxylic acids is 1. The fourth-order valence-electron chi connectivity index (χ4n) is 1.86. The average molecular weight is 290 g/mol. The Morgan fingerprint density at radius 3 is 2.89 bits per heavy atom. The quantitative estimate of drug-likeness (QED) is 0.797. The van der Waals surface area contributed by atoms with E-state index in [-0.39, 0.29) is 12.2 Å². The first-order valence-corrected chi connectivity index (χ1v) is 6.27. The van der Waals surface area contributed by atoms with Crippen LogP contribution < -0.4 is 0 Å². The summed E-state index contributed by atoms with van der Waals surface area (Å²) in [5.74, 6) is 0. The molecule has 18 heavy (non-hydrogen) atoms. The van der Waals surface area contributed by atoms with E-state index < -0.39 is 0 Å². The number of methoxy groups -OCH3 is 1. The molecule has 0 spiro atoms. The second kappa shape index (κ2) is 5.78. The molecule has 0 N–H and O–H groups in total. The zero-order valence-electron chi connectivity index (χ0n) is 9.86. The number of carbonyl (C=O) groups is 1. The molecule has 1 aliphatic heterocycles. The van der Waals surface area contributed by atoms with E-state index in [0.29, 0.717) is 29.7 Å². The Kier molecular flexibility index (Phi) is 4.32. The van der Waals surface area contributed by atoms with E-state index in [1.165, 1.54) is 7.11 Å². The van der Waals surface area contributed by atoms with Gasteiger partial charge in [-0.2, -0.15) is 0 Å². The lowest BCUT2D eigenvalue weighted by atomic mass is 10.1. The molecule has 1 aromatic rings. The van der Waals surface area contributed by atoms with Gasteiger partial charge in [0.1, 0.15) is 6.10 Å². The van der Waals surface area contributed by atoms with Gasteiger partial charge >= 0.3 is 6.09 Å². The van der Waals surface area contributed by atoms with Gasteiger partial charge in [-0.1, -0.05) is 29.3 Å². The molecule has 0 aliphatic carbocycles. The topological polar surface area (TPSA) is 38.8 Å². The Bertz CT molecular complexity index is 453. The number of nitrogens with zero attached hydrogens (tertiary/aromatic N) is 1.